The summed E-state index contributed by atoms with van der Waals surface area (Å²) in [5.41, 5.74) is 1.83. The summed E-state index contributed by atoms with van der Waals surface area (Å²) in [5.74, 6) is 1.14. The van der Waals surface area contributed by atoms with Crippen LogP contribution in [0.3, 0.4) is 0 Å². The number of methoxy groups -OCH3 is 1. The largest absolute Gasteiger partial charge is 0.496 e. The van der Waals surface area contributed by atoms with E-state index >= 15 is 0 Å². The average molecular weight is 372 g/mol. The van der Waals surface area contributed by atoms with Crippen LogP contribution in [0, 0.1) is 12.7 Å². The second kappa shape index (κ2) is 8.86. The third-order valence-electron chi connectivity index (χ3n) is 4.81. The van der Waals surface area contributed by atoms with E-state index < -0.39 is 0 Å². The molecule has 1 aliphatic rings. The Morgan fingerprint density at radius 2 is 1.81 bits per heavy atom. The Hall–Kier alpha value is -2.60. The van der Waals surface area contributed by atoms with Gasteiger partial charge >= 0.3 is 0 Å². The van der Waals surface area contributed by atoms with Crippen molar-refractivity contribution in [3.05, 3.63) is 59.4 Å². The molecule has 1 heterocycles. The molecule has 0 aromatic heterocycles. The number of amides is 1. The van der Waals surface area contributed by atoms with Crippen LogP contribution < -0.4 is 9.47 Å². The molecule has 0 bridgehead atoms. The molecule has 1 saturated heterocycles. The van der Waals surface area contributed by atoms with Crippen LogP contribution in [0.2, 0.25) is 0 Å². The molecule has 0 radical (unpaired) electrons. The molecule has 0 saturated carbocycles. The summed E-state index contributed by atoms with van der Waals surface area (Å²) in [6.45, 7) is 5.33. The van der Waals surface area contributed by atoms with E-state index in [2.05, 4.69) is 4.90 Å². The molecule has 144 valence electrons. The predicted molar refractivity (Wildman–Crippen MR) is 101 cm³/mol. The SMILES string of the molecule is COc1ccc(F)cc1CN1CCN(C(=O)COc2ccccc2C)CC1. The Morgan fingerprint density at radius 3 is 2.52 bits per heavy atom. The number of benzene rings is 2. The Morgan fingerprint density at radius 1 is 1.07 bits per heavy atom. The van der Waals surface area contributed by atoms with Crippen LogP contribution in [0.4, 0.5) is 4.39 Å². The lowest BCUT2D eigenvalue weighted by molar-refractivity contribution is -0.135. The minimum Gasteiger partial charge on any atom is -0.496 e. The number of hydrogen-bond donors (Lipinski definition) is 0. The van der Waals surface area contributed by atoms with E-state index in [9.17, 15) is 9.18 Å². The Bertz CT molecular complexity index is 789. The van der Waals surface area contributed by atoms with Gasteiger partial charge in [0, 0.05) is 38.3 Å². The first kappa shape index (κ1) is 19.2. The number of rotatable bonds is 6. The first-order valence-electron chi connectivity index (χ1n) is 9.08. The van der Waals surface area contributed by atoms with Crippen molar-refractivity contribution in [3.8, 4) is 11.5 Å². The monoisotopic (exact) mass is 372 g/mol. The van der Waals surface area contributed by atoms with Gasteiger partial charge in [-0.1, -0.05) is 18.2 Å². The van der Waals surface area contributed by atoms with Crippen molar-refractivity contribution in [1.82, 2.24) is 9.80 Å². The molecule has 0 unspecified atom stereocenters. The highest BCUT2D eigenvalue weighted by atomic mass is 19.1. The lowest BCUT2D eigenvalue weighted by Crippen LogP contribution is -2.49. The zero-order valence-corrected chi connectivity index (χ0v) is 15.8. The number of carbonyl (C=O) groups excluding carboxylic acids is 1. The van der Waals surface area contributed by atoms with Crippen molar-refractivity contribution in [1.29, 1.82) is 0 Å². The summed E-state index contributed by atoms with van der Waals surface area (Å²) in [6, 6.07) is 12.2. The standard InChI is InChI=1S/C21H25FN2O3/c1-16-5-3-4-6-19(16)27-15-21(25)24-11-9-23(10-12-24)14-17-13-18(22)7-8-20(17)26-2/h3-8,13H,9-12,14-15H2,1-2H3. The fourth-order valence-electron chi connectivity index (χ4n) is 3.22. The summed E-state index contributed by atoms with van der Waals surface area (Å²) >= 11 is 0. The molecule has 1 amide bonds. The molecule has 1 fully saturated rings. The highest BCUT2D eigenvalue weighted by Crippen LogP contribution is 2.22. The van der Waals surface area contributed by atoms with E-state index in [4.69, 9.17) is 9.47 Å². The van der Waals surface area contributed by atoms with Gasteiger partial charge in [0.2, 0.25) is 0 Å². The Labute approximate surface area is 159 Å². The molecule has 0 N–H and O–H groups in total. The van der Waals surface area contributed by atoms with Gasteiger partial charge in [0.25, 0.3) is 5.91 Å². The molecule has 2 aromatic rings. The van der Waals surface area contributed by atoms with Crippen molar-refractivity contribution < 1.29 is 18.7 Å². The molecule has 3 rings (SSSR count). The van der Waals surface area contributed by atoms with Crippen molar-refractivity contribution >= 4 is 5.91 Å². The van der Waals surface area contributed by atoms with Crippen molar-refractivity contribution in [2.24, 2.45) is 0 Å². The van der Waals surface area contributed by atoms with Crippen molar-refractivity contribution in [2.45, 2.75) is 13.5 Å². The minimum absolute atomic E-state index is 0.0127. The van der Waals surface area contributed by atoms with Gasteiger partial charge in [-0.15, -0.1) is 0 Å². The van der Waals surface area contributed by atoms with E-state index in [0.717, 1.165) is 30.0 Å². The third-order valence-corrected chi connectivity index (χ3v) is 4.81. The van der Waals surface area contributed by atoms with Gasteiger partial charge in [0.15, 0.2) is 6.61 Å². The molecule has 5 nitrogen and oxygen atoms in total. The number of carbonyl (C=O) groups is 1. The first-order chi connectivity index (χ1) is 13.1. The van der Waals surface area contributed by atoms with Gasteiger partial charge in [0.1, 0.15) is 17.3 Å². The number of ether oxygens (including phenoxy) is 2. The molecule has 6 heteroatoms. The number of halogens is 1. The summed E-state index contributed by atoms with van der Waals surface area (Å²) in [4.78, 5) is 16.4. The maximum atomic E-state index is 13.5. The maximum absolute atomic E-state index is 13.5. The van der Waals surface area contributed by atoms with Gasteiger partial charge in [-0.05, 0) is 36.8 Å². The lowest BCUT2D eigenvalue weighted by Gasteiger charge is -2.35. The van der Waals surface area contributed by atoms with Gasteiger partial charge < -0.3 is 14.4 Å². The second-order valence-corrected chi connectivity index (χ2v) is 6.67. The topological polar surface area (TPSA) is 42.0 Å². The molecular weight excluding hydrogens is 347 g/mol. The van der Waals surface area contributed by atoms with Gasteiger partial charge in [-0.2, -0.15) is 0 Å². The number of nitrogens with zero attached hydrogens (tertiary/aromatic N) is 2. The van der Waals surface area contributed by atoms with Gasteiger partial charge in [0.05, 0.1) is 7.11 Å². The van der Waals surface area contributed by atoms with E-state index in [-0.39, 0.29) is 18.3 Å². The number of para-hydroxylation sites is 1. The predicted octanol–water partition coefficient (Wildman–Crippen LogP) is 2.87. The van der Waals surface area contributed by atoms with Crippen LogP contribution in [0.5, 0.6) is 11.5 Å². The van der Waals surface area contributed by atoms with Crippen LogP contribution in [-0.2, 0) is 11.3 Å². The summed E-state index contributed by atoms with van der Waals surface area (Å²) in [6.07, 6.45) is 0. The van der Waals surface area contributed by atoms with E-state index in [1.165, 1.54) is 12.1 Å². The van der Waals surface area contributed by atoms with Crippen LogP contribution in [-0.4, -0.2) is 55.6 Å². The molecule has 0 aliphatic carbocycles. The average Bonchev–Trinajstić information content (AvgIpc) is 2.68. The number of hydrogen-bond acceptors (Lipinski definition) is 4. The molecular formula is C21H25FN2O3. The van der Waals surface area contributed by atoms with Gasteiger partial charge in [-0.3, -0.25) is 9.69 Å². The summed E-state index contributed by atoms with van der Waals surface area (Å²) in [5, 5.41) is 0. The number of piperazine rings is 1. The summed E-state index contributed by atoms with van der Waals surface area (Å²) < 4.78 is 24.5. The molecule has 0 atom stereocenters. The minimum atomic E-state index is -0.270. The third kappa shape index (κ3) is 4.98. The van der Waals surface area contributed by atoms with Crippen molar-refractivity contribution in [3.63, 3.8) is 0 Å². The van der Waals surface area contributed by atoms with E-state index in [0.29, 0.717) is 25.4 Å². The fourth-order valence-corrected chi connectivity index (χ4v) is 3.22. The Balaban J connectivity index is 1.49. The molecule has 0 spiro atoms. The first-order valence-corrected chi connectivity index (χ1v) is 9.08. The number of aryl methyl sites for hydroxylation is 1. The lowest BCUT2D eigenvalue weighted by atomic mass is 10.1. The Kier molecular flexibility index (Phi) is 6.29. The molecule has 2 aromatic carbocycles. The highest BCUT2D eigenvalue weighted by molar-refractivity contribution is 5.78. The van der Waals surface area contributed by atoms with Crippen LogP contribution in [0.25, 0.3) is 0 Å². The summed E-state index contributed by atoms with van der Waals surface area (Å²) in [7, 11) is 1.59. The zero-order chi connectivity index (χ0) is 19.2. The zero-order valence-electron chi connectivity index (χ0n) is 15.8. The van der Waals surface area contributed by atoms with E-state index in [1.54, 1.807) is 13.2 Å². The van der Waals surface area contributed by atoms with Crippen molar-refractivity contribution in [2.75, 3.05) is 39.9 Å². The molecule has 1 aliphatic heterocycles. The fraction of sp³-hybridized carbons (Fsp3) is 0.381. The second-order valence-electron chi connectivity index (χ2n) is 6.67. The smallest absolute Gasteiger partial charge is 0.260 e. The van der Waals surface area contributed by atoms with E-state index in [1.807, 2.05) is 36.1 Å². The quantitative estimate of drug-likeness (QED) is 0.782. The van der Waals surface area contributed by atoms with Crippen LogP contribution >= 0.6 is 0 Å². The van der Waals surface area contributed by atoms with Crippen LogP contribution in [0.15, 0.2) is 42.5 Å². The highest BCUT2D eigenvalue weighted by Gasteiger charge is 2.22. The van der Waals surface area contributed by atoms with Crippen LogP contribution in [0.1, 0.15) is 11.1 Å². The van der Waals surface area contributed by atoms with Gasteiger partial charge in [-0.25, -0.2) is 4.39 Å². The normalized spacial score (nSPS) is 14.9. The molecule has 27 heavy (non-hydrogen) atoms. The maximum Gasteiger partial charge on any atom is 0.260 e.